The highest BCUT2D eigenvalue weighted by atomic mass is 127. The molecule has 0 saturated carbocycles. The number of rotatable bonds is 2. The minimum absolute atomic E-state index is 0.0438. The Hall–Kier alpha value is -1.34. The van der Waals surface area contributed by atoms with Gasteiger partial charge in [0, 0.05) is 16.7 Å². The first-order valence-electron chi connectivity index (χ1n) is 7.21. The first-order valence-corrected chi connectivity index (χ1v) is 8.29. The number of allylic oxidation sites excluding steroid dienone is 4. The predicted molar refractivity (Wildman–Crippen MR) is 84.9 cm³/mol. The second-order valence-corrected chi connectivity index (χ2v) is 7.87. The van der Waals surface area contributed by atoms with Gasteiger partial charge in [0.15, 0.2) is 0 Å². The fourth-order valence-electron chi connectivity index (χ4n) is 2.70. The summed E-state index contributed by atoms with van der Waals surface area (Å²) < 4.78 is 144. The van der Waals surface area contributed by atoms with Crippen LogP contribution >= 0.6 is 22.6 Å². The van der Waals surface area contributed by atoms with Crippen LogP contribution in [0.5, 0.6) is 0 Å². The summed E-state index contributed by atoms with van der Waals surface area (Å²) in [6.45, 7) is 0. The Labute approximate surface area is 164 Å². The second-order valence-electron chi connectivity index (χ2n) is 5.94. The van der Waals surface area contributed by atoms with Crippen molar-refractivity contribution in [2.24, 2.45) is 0 Å². The summed E-state index contributed by atoms with van der Waals surface area (Å²) in [6, 6.07) is 3.92. The monoisotopic (exact) mass is 536 g/mol. The topological polar surface area (TPSA) is 0 Å². The average molecular weight is 536 g/mol. The van der Waals surface area contributed by atoms with Gasteiger partial charge in [0.05, 0.1) is 3.42 Å². The zero-order valence-electron chi connectivity index (χ0n) is 13.2. The maximum atomic E-state index is 14.4. The lowest BCUT2D eigenvalue weighted by Gasteiger charge is -2.37. The van der Waals surface area contributed by atoms with Gasteiger partial charge in [-0.2, -0.15) is 39.5 Å². The van der Waals surface area contributed by atoms with E-state index in [0.717, 1.165) is 46.9 Å². The molecule has 0 aliphatic heterocycles. The van der Waals surface area contributed by atoms with Crippen molar-refractivity contribution in [2.45, 2.75) is 34.0 Å². The van der Waals surface area contributed by atoms with E-state index >= 15 is 0 Å². The summed E-state index contributed by atoms with van der Waals surface area (Å²) >= 11 is 1.09. The zero-order valence-corrected chi connectivity index (χ0v) is 15.4. The van der Waals surface area contributed by atoms with Crippen molar-refractivity contribution in [3.8, 4) is 0 Å². The molecule has 0 bridgehead atoms. The summed E-state index contributed by atoms with van der Waals surface area (Å²) in [6.07, 6.45) is -20.2. The van der Waals surface area contributed by atoms with Crippen molar-refractivity contribution in [3.63, 3.8) is 0 Å². The lowest BCUT2D eigenvalue weighted by atomic mass is 9.79. The Morgan fingerprint density at radius 2 is 1.32 bits per heavy atom. The highest BCUT2D eigenvalue weighted by Gasteiger charge is 2.74. The molecule has 2 rings (SSSR count). The largest absolute Gasteiger partial charge is 0.435 e. The molecule has 1 aliphatic carbocycles. The van der Waals surface area contributed by atoms with E-state index in [1.165, 1.54) is 0 Å². The third kappa shape index (κ3) is 3.88. The normalized spacial score (nSPS) is 22.0. The fourth-order valence-corrected chi connectivity index (χ4v) is 3.88. The molecule has 1 aromatic carbocycles. The third-order valence-corrected chi connectivity index (χ3v) is 5.30. The van der Waals surface area contributed by atoms with E-state index in [1.54, 1.807) is 0 Å². The highest BCUT2D eigenvalue weighted by Crippen LogP contribution is 2.56. The van der Waals surface area contributed by atoms with E-state index in [1.807, 2.05) is 0 Å². The number of hydrogen-bond donors (Lipinski definition) is 0. The summed E-state index contributed by atoms with van der Waals surface area (Å²) in [5.74, 6) is -1.17. The first kappa shape index (κ1) is 22.9. The molecule has 28 heavy (non-hydrogen) atoms. The second kappa shape index (κ2) is 6.87. The van der Waals surface area contributed by atoms with Crippen molar-refractivity contribution in [2.75, 3.05) is 0 Å². The minimum Gasteiger partial charge on any atom is -0.218 e. The quantitative estimate of drug-likeness (QED) is 0.215. The molecule has 0 fully saturated rings. The summed E-state index contributed by atoms with van der Waals surface area (Å²) in [5.41, 5.74) is -10.8. The SMILES string of the molecule is Fc1ccccc1C1(I)C=C(C(F)(C(F)(F)F)C(F)(F)F)C=C(C(F)(F)F)C1. The van der Waals surface area contributed by atoms with Crippen molar-refractivity contribution >= 4 is 22.6 Å². The summed E-state index contributed by atoms with van der Waals surface area (Å²) in [4.78, 5) is 0. The maximum Gasteiger partial charge on any atom is 0.435 e. The molecule has 1 atom stereocenters. The smallest absolute Gasteiger partial charge is 0.218 e. The Morgan fingerprint density at radius 3 is 1.75 bits per heavy atom. The van der Waals surface area contributed by atoms with Crippen LogP contribution in [0.15, 0.2) is 47.6 Å². The van der Waals surface area contributed by atoms with Crippen molar-refractivity contribution in [1.29, 1.82) is 0 Å². The van der Waals surface area contributed by atoms with E-state index < -0.39 is 62.6 Å². The number of hydrogen-bond acceptors (Lipinski definition) is 0. The van der Waals surface area contributed by atoms with E-state index in [-0.39, 0.29) is 6.08 Å². The summed E-state index contributed by atoms with van der Waals surface area (Å²) in [5, 5.41) is 0. The van der Waals surface area contributed by atoms with Crippen LogP contribution in [0.1, 0.15) is 12.0 Å². The van der Waals surface area contributed by atoms with Gasteiger partial charge in [-0.25, -0.2) is 8.78 Å². The molecule has 0 saturated heterocycles. The molecule has 0 radical (unpaired) electrons. The lowest BCUT2D eigenvalue weighted by Crippen LogP contribution is -2.55. The van der Waals surface area contributed by atoms with Gasteiger partial charge in [0.1, 0.15) is 5.82 Å². The van der Waals surface area contributed by atoms with Gasteiger partial charge in [-0.05, 0) is 18.6 Å². The van der Waals surface area contributed by atoms with Crippen molar-refractivity contribution in [1.82, 2.24) is 0 Å². The molecule has 0 N–H and O–H groups in total. The van der Waals surface area contributed by atoms with Gasteiger partial charge in [0.2, 0.25) is 0 Å². The van der Waals surface area contributed by atoms with Gasteiger partial charge in [0.25, 0.3) is 0 Å². The van der Waals surface area contributed by atoms with Crippen LogP contribution in [0.4, 0.5) is 48.3 Å². The van der Waals surface area contributed by atoms with Gasteiger partial charge in [-0.3, -0.25) is 0 Å². The van der Waals surface area contributed by atoms with Crippen LogP contribution in [-0.2, 0) is 3.42 Å². The highest BCUT2D eigenvalue weighted by molar-refractivity contribution is 14.1. The molecule has 156 valence electrons. The molecule has 1 unspecified atom stereocenters. The Morgan fingerprint density at radius 1 is 0.821 bits per heavy atom. The van der Waals surface area contributed by atoms with E-state index in [2.05, 4.69) is 0 Å². The molecule has 1 aromatic rings. The molecule has 0 amide bonds. The van der Waals surface area contributed by atoms with Gasteiger partial charge >= 0.3 is 24.2 Å². The lowest BCUT2D eigenvalue weighted by molar-refractivity contribution is -0.325. The molecular weight excluding hydrogens is 528 g/mol. The van der Waals surface area contributed by atoms with Gasteiger partial charge in [-0.15, -0.1) is 0 Å². The van der Waals surface area contributed by atoms with Crippen LogP contribution in [0.2, 0.25) is 0 Å². The average Bonchev–Trinajstić information content (AvgIpc) is 2.50. The first-order chi connectivity index (χ1) is 12.4. The number of benzene rings is 1. The molecule has 12 heteroatoms. The fraction of sp³-hybridized carbons (Fsp3) is 0.375. The molecule has 0 aromatic heterocycles. The van der Waals surface area contributed by atoms with Crippen LogP contribution in [-0.4, -0.2) is 24.2 Å². The van der Waals surface area contributed by atoms with Crippen LogP contribution in [0.25, 0.3) is 0 Å². The standard InChI is InChI=1S/C16H8F11I/c17-11-4-2-1-3-10(11)12(28)6-8(5-9(7-12)14(19,20)21)13(18,15(22,23)24)16(25,26)27/h1-6H,7H2. The van der Waals surface area contributed by atoms with Crippen LogP contribution in [0, 0.1) is 5.82 Å². The van der Waals surface area contributed by atoms with Gasteiger partial charge < -0.3 is 0 Å². The van der Waals surface area contributed by atoms with E-state index in [4.69, 9.17) is 0 Å². The molecule has 0 heterocycles. The third-order valence-electron chi connectivity index (χ3n) is 4.03. The Balaban J connectivity index is 2.83. The van der Waals surface area contributed by atoms with Crippen LogP contribution < -0.4 is 0 Å². The number of halogens is 12. The van der Waals surface area contributed by atoms with Crippen LogP contribution in [0.3, 0.4) is 0 Å². The number of alkyl halides is 11. The van der Waals surface area contributed by atoms with Crippen molar-refractivity contribution < 1.29 is 48.3 Å². The van der Waals surface area contributed by atoms with Crippen molar-refractivity contribution in [3.05, 3.63) is 58.9 Å². The minimum atomic E-state index is -6.60. The zero-order chi connectivity index (χ0) is 21.8. The predicted octanol–water partition coefficient (Wildman–Crippen LogP) is 7.11. The van der Waals surface area contributed by atoms with E-state index in [0.29, 0.717) is 0 Å². The maximum absolute atomic E-state index is 14.4. The Kier molecular flexibility index (Phi) is 5.63. The summed E-state index contributed by atoms with van der Waals surface area (Å²) in [7, 11) is 0. The van der Waals surface area contributed by atoms with Gasteiger partial charge in [-0.1, -0.05) is 46.9 Å². The molecule has 0 spiro atoms. The van der Waals surface area contributed by atoms with E-state index in [9.17, 15) is 48.3 Å². The molecule has 1 aliphatic rings. The molecule has 0 nitrogen and oxygen atoms in total. The molecular formula is C16H8F11I. The Bertz CT molecular complexity index is 799.